The lowest BCUT2D eigenvalue weighted by molar-refractivity contribution is 0.660. The van der Waals surface area contributed by atoms with Crippen LogP contribution in [0.25, 0.3) is 98.7 Å². The van der Waals surface area contributed by atoms with Crippen LogP contribution in [-0.4, -0.2) is 0 Å². The van der Waals surface area contributed by atoms with Crippen LogP contribution in [0.1, 0.15) is 25.0 Å². The highest BCUT2D eigenvalue weighted by Gasteiger charge is 2.35. The molecule has 0 N–H and O–H groups in total. The van der Waals surface area contributed by atoms with Gasteiger partial charge in [-0.2, -0.15) is 0 Å². The van der Waals surface area contributed by atoms with Gasteiger partial charge in [0.15, 0.2) is 0 Å². The van der Waals surface area contributed by atoms with E-state index < -0.39 is 0 Å². The first-order valence-corrected chi connectivity index (χ1v) is 19.3. The monoisotopic (exact) mass is 698 g/mol. The normalized spacial score (nSPS) is 13.1. The molecule has 0 unspecified atom stereocenters. The van der Waals surface area contributed by atoms with Gasteiger partial charge >= 0.3 is 0 Å². The summed E-state index contributed by atoms with van der Waals surface area (Å²) < 4.78 is 0. The van der Waals surface area contributed by atoms with Crippen LogP contribution in [0.5, 0.6) is 0 Å². The van der Waals surface area contributed by atoms with E-state index in [-0.39, 0.29) is 5.41 Å². The van der Waals surface area contributed by atoms with Gasteiger partial charge in [0.1, 0.15) is 0 Å². The number of hydrogen-bond acceptors (Lipinski definition) is 0. The first kappa shape index (κ1) is 31.7. The van der Waals surface area contributed by atoms with Crippen LogP contribution >= 0.6 is 0 Å². The summed E-state index contributed by atoms with van der Waals surface area (Å²) in [6.45, 7) is 4.75. The molecule has 0 spiro atoms. The Kier molecular flexibility index (Phi) is 7.00. The van der Waals surface area contributed by atoms with Crippen molar-refractivity contribution in [2.24, 2.45) is 0 Å². The Morgan fingerprint density at radius 3 is 1.60 bits per heavy atom. The Morgan fingerprint density at radius 1 is 0.273 bits per heavy atom. The van der Waals surface area contributed by atoms with E-state index in [1.54, 1.807) is 0 Å². The Hall–Kier alpha value is -6.76. The van der Waals surface area contributed by atoms with Crippen LogP contribution in [0.15, 0.2) is 194 Å². The second-order valence-electron chi connectivity index (χ2n) is 15.6. The molecule has 1 aliphatic carbocycles. The topological polar surface area (TPSA) is 0 Å². The molecule has 0 aliphatic heterocycles. The molecule has 0 aromatic heterocycles. The summed E-state index contributed by atoms with van der Waals surface area (Å²) in [5.41, 5.74) is 15.4. The van der Waals surface area contributed by atoms with Gasteiger partial charge in [-0.15, -0.1) is 0 Å². The predicted molar refractivity (Wildman–Crippen MR) is 236 cm³/mol. The van der Waals surface area contributed by atoms with Gasteiger partial charge < -0.3 is 0 Å². The van der Waals surface area contributed by atoms with Crippen LogP contribution in [-0.2, 0) is 5.41 Å². The zero-order chi connectivity index (χ0) is 36.7. The zero-order valence-electron chi connectivity index (χ0n) is 31.0. The van der Waals surface area contributed by atoms with Crippen molar-refractivity contribution in [3.8, 4) is 55.6 Å². The Bertz CT molecular complexity index is 3140. The van der Waals surface area contributed by atoms with E-state index in [0.717, 1.165) is 0 Å². The average Bonchev–Trinajstić information content (AvgIpc) is 3.48. The second-order valence-corrected chi connectivity index (χ2v) is 15.6. The second kappa shape index (κ2) is 12.1. The first-order valence-electron chi connectivity index (χ1n) is 19.3. The summed E-state index contributed by atoms with van der Waals surface area (Å²) in [6, 6.07) is 72.2. The van der Waals surface area contributed by atoms with Gasteiger partial charge in [-0.25, -0.2) is 0 Å². The van der Waals surface area contributed by atoms with E-state index in [1.807, 2.05) is 0 Å². The maximum absolute atomic E-state index is 2.48. The lowest BCUT2D eigenvalue weighted by Gasteiger charge is -2.23. The Morgan fingerprint density at radius 2 is 0.818 bits per heavy atom. The quantitative estimate of drug-likeness (QED) is 0.127. The maximum Gasteiger partial charge on any atom is 0.0159 e. The van der Waals surface area contributed by atoms with Crippen LogP contribution < -0.4 is 0 Å². The molecule has 1 aliphatic rings. The number of rotatable bonds is 4. The van der Waals surface area contributed by atoms with Crippen molar-refractivity contribution in [3.63, 3.8) is 0 Å². The molecule has 11 rings (SSSR count). The van der Waals surface area contributed by atoms with Crippen molar-refractivity contribution in [1.82, 2.24) is 0 Å². The predicted octanol–water partition coefficient (Wildman–Crippen LogP) is 15.3. The minimum Gasteiger partial charge on any atom is -0.0622 e. The van der Waals surface area contributed by atoms with E-state index in [4.69, 9.17) is 0 Å². The maximum atomic E-state index is 2.48. The third kappa shape index (κ3) is 4.85. The standard InChI is InChI=1S/C55H38/c1-55(2)51-23-13-12-20-44(51)45-30-29-40(34-52(45)55)54-47-22-11-10-21-46(47)53(48-31-28-38(32-50(48)54)35-14-4-3-5-15-35)37-26-24-36(25-27-37)49-33-39-16-6-7-17-41(39)42-18-8-9-19-43(42)49/h3-34H,1-2H3. The van der Waals surface area contributed by atoms with E-state index in [2.05, 4.69) is 208 Å². The molecule has 258 valence electrons. The van der Waals surface area contributed by atoms with Crippen molar-refractivity contribution in [3.05, 3.63) is 205 Å². The van der Waals surface area contributed by atoms with Gasteiger partial charge in [0.05, 0.1) is 0 Å². The van der Waals surface area contributed by atoms with Crippen molar-refractivity contribution >= 4 is 43.1 Å². The first-order chi connectivity index (χ1) is 27.0. The van der Waals surface area contributed by atoms with E-state index in [9.17, 15) is 0 Å². The van der Waals surface area contributed by atoms with E-state index in [0.29, 0.717) is 0 Å². The highest BCUT2D eigenvalue weighted by atomic mass is 14.4. The van der Waals surface area contributed by atoms with E-state index >= 15 is 0 Å². The summed E-state index contributed by atoms with van der Waals surface area (Å²) in [4.78, 5) is 0. The largest absolute Gasteiger partial charge is 0.0622 e. The van der Waals surface area contributed by atoms with Gasteiger partial charge in [-0.3, -0.25) is 0 Å². The number of fused-ring (bicyclic) bond motifs is 8. The SMILES string of the molecule is CC1(C)c2ccccc2-c2ccc(-c3c4ccccc4c(-c4ccc(-c5cc6ccccc6c6ccccc56)cc4)c4ccc(-c5ccccc5)cc34)cc21. The van der Waals surface area contributed by atoms with Crippen molar-refractivity contribution in [2.45, 2.75) is 19.3 Å². The highest BCUT2D eigenvalue weighted by molar-refractivity contribution is 6.22. The summed E-state index contributed by atoms with van der Waals surface area (Å²) in [7, 11) is 0. The molecule has 10 aromatic rings. The van der Waals surface area contributed by atoms with Crippen molar-refractivity contribution < 1.29 is 0 Å². The molecule has 0 fully saturated rings. The molecule has 0 radical (unpaired) electrons. The lowest BCUT2D eigenvalue weighted by Crippen LogP contribution is -2.14. The zero-order valence-corrected chi connectivity index (χ0v) is 31.0. The van der Waals surface area contributed by atoms with Gasteiger partial charge in [-0.1, -0.05) is 190 Å². The molecule has 0 saturated heterocycles. The van der Waals surface area contributed by atoms with Crippen LogP contribution in [0.2, 0.25) is 0 Å². The molecule has 0 amide bonds. The van der Waals surface area contributed by atoms with Gasteiger partial charge in [0, 0.05) is 5.41 Å². The molecule has 0 heterocycles. The van der Waals surface area contributed by atoms with Crippen LogP contribution in [0.4, 0.5) is 0 Å². The minimum absolute atomic E-state index is 0.0825. The average molecular weight is 699 g/mol. The summed E-state index contributed by atoms with van der Waals surface area (Å²) in [6.07, 6.45) is 0. The molecular weight excluding hydrogens is 661 g/mol. The Balaban J connectivity index is 1.15. The van der Waals surface area contributed by atoms with E-state index in [1.165, 1.54) is 110 Å². The molecule has 10 aromatic carbocycles. The number of benzene rings is 10. The molecule has 0 bridgehead atoms. The van der Waals surface area contributed by atoms with Gasteiger partial charge in [0.2, 0.25) is 0 Å². The van der Waals surface area contributed by atoms with Gasteiger partial charge in [0.25, 0.3) is 0 Å². The molecule has 0 nitrogen and oxygen atoms in total. The summed E-state index contributed by atoms with van der Waals surface area (Å²) in [5.74, 6) is 0. The molecule has 0 saturated carbocycles. The fraction of sp³-hybridized carbons (Fsp3) is 0.0545. The number of hydrogen-bond donors (Lipinski definition) is 0. The Labute approximate surface area is 322 Å². The van der Waals surface area contributed by atoms with Crippen molar-refractivity contribution in [2.75, 3.05) is 0 Å². The highest BCUT2D eigenvalue weighted by Crippen LogP contribution is 2.51. The van der Waals surface area contributed by atoms with Crippen LogP contribution in [0, 0.1) is 0 Å². The molecule has 0 heteroatoms. The fourth-order valence-electron chi connectivity index (χ4n) is 9.58. The minimum atomic E-state index is -0.0825. The summed E-state index contributed by atoms with van der Waals surface area (Å²) >= 11 is 0. The van der Waals surface area contributed by atoms with Crippen molar-refractivity contribution in [1.29, 1.82) is 0 Å². The smallest absolute Gasteiger partial charge is 0.0159 e. The molecule has 0 atom stereocenters. The fourth-order valence-corrected chi connectivity index (χ4v) is 9.58. The summed E-state index contributed by atoms with van der Waals surface area (Å²) in [5, 5.41) is 10.2. The molecular formula is C55H38. The third-order valence-corrected chi connectivity index (χ3v) is 12.3. The van der Waals surface area contributed by atoms with Crippen LogP contribution in [0.3, 0.4) is 0 Å². The lowest BCUT2D eigenvalue weighted by atomic mass is 9.80. The third-order valence-electron chi connectivity index (χ3n) is 12.3. The van der Waals surface area contributed by atoms with Gasteiger partial charge in [-0.05, 0) is 128 Å². The molecule has 55 heavy (non-hydrogen) atoms.